The summed E-state index contributed by atoms with van der Waals surface area (Å²) in [4.78, 5) is 7.84. The van der Waals surface area contributed by atoms with Crippen molar-refractivity contribution in [2.45, 2.75) is 13.8 Å². The molecule has 0 atom stereocenters. The van der Waals surface area contributed by atoms with E-state index in [4.69, 9.17) is 5.73 Å². The number of amidine groups is 1. The second-order valence-electron chi connectivity index (χ2n) is 2.60. The van der Waals surface area contributed by atoms with Gasteiger partial charge in [-0.25, -0.2) is 9.97 Å². The Kier molecular flexibility index (Phi) is 3.08. The van der Waals surface area contributed by atoms with Crippen molar-refractivity contribution in [2.24, 2.45) is 15.9 Å². The zero-order valence-electron chi connectivity index (χ0n) is 7.60. The quantitative estimate of drug-likeness (QED) is 0.407. The van der Waals surface area contributed by atoms with Gasteiger partial charge in [-0.05, 0) is 19.9 Å². The maximum atomic E-state index is 5.56. The molecule has 2 N–H and O–H groups in total. The van der Waals surface area contributed by atoms with Crippen molar-refractivity contribution in [3.05, 3.63) is 24.3 Å². The molecule has 13 heavy (non-hydrogen) atoms. The summed E-state index contributed by atoms with van der Waals surface area (Å²) >= 11 is 0. The van der Waals surface area contributed by atoms with Crippen LogP contribution in [0.5, 0.6) is 0 Å². The molecule has 0 saturated carbocycles. The van der Waals surface area contributed by atoms with Crippen molar-refractivity contribution in [1.29, 1.82) is 0 Å². The van der Waals surface area contributed by atoms with E-state index in [0.717, 1.165) is 5.71 Å². The molecule has 68 valence electrons. The third-order valence-electron chi connectivity index (χ3n) is 1.15. The van der Waals surface area contributed by atoms with Crippen LogP contribution in [0.1, 0.15) is 19.7 Å². The third-order valence-corrected chi connectivity index (χ3v) is 1.15. The summed E-state index contributed by atoms with van der Waals surface area (Å²) in [5.41, 5.74) is 6.39. The molecule has 0 aromatic carbocycles. The number of nitrogens with two attached hydrogens (primary N) is 1. The smallest absolute Gasteiger partial charge is 0.196 e. The molecule has 0 fully saturated rings. The summed E-state index contributed by atoms with van der Waals surface area (Å²) in [7, 11) is 0. The van der Waals surface area contributed by atoms with Crippen molar-refractivity contribution in [3.8, 4) is 0 Å². The first kappa shape index (κ1) is 9.31. The predicted molar refractivity (Wildman–Crippen MR) is 51.5 cm³/mol. The van der Waals surface area contributed by atoms with E-state index >= 15 is 0 Å². The number of aromatic nitrogens is 2. The Morgan fingerprint density at radius 2 is 1.85 bits per heavy atom. The molecule has 0 amide bonds. The van der Waals surface area contributed by atoms with E-state index in [1.165, 1.54) is 0 Å². The van der Waals surface area contributed by atoms with Gasteiger partial charge in [0.2, 0.25) is 0 Å². The number of hydrogen-bond acceptors (Lipinski definition) is 4. The van der Waals surface area contributed by atoms with Crippen molar-refractivity contribution in [3.63, 3.8) is 0 Å². The third kappa shape index (κ3) is 2.98. The predicted octanol–water partition coefficient (Wildman–Crippen LogP) is 0.578. The first-order chi connectivity index (χ1) is 6.20. The Balaban J connectivity index is 2.86. The first-order valence-corrected chi connectivity index (χ1v) is 3.82. The largest absolute Gasteiger partial charge is 0.379 e. The lowest BCUT2D eigenvalue weighted by atomic mass is 10.5. The highest BCUT2D eigenvalue weighted by Gasteiger charge is 1.98. The lowest BCUT2D eigenvalue weighted by Crippen LogP contribution is -2.16. The molecule has 5 nitrogen and oxygen atoms in total. The van der Waals surface area contributed by atoms with E-state index < -0.39 is 0 Å². The summed E-state index contributed by atoms with van der Waals surface area (Å²) in [6.45, 7) is 3.67. The van der Waals surface area contributed by atoms with Gasteiger partial charge in [-0.1, -0.05) is 0 Å². The van der Waals surface area contributed by atoms with Gasteiger partial charge in [0.05, 0.1) is 0 Å². The maximum Gasteiger partial charge on any atom is 0.196 e. The van der Waals surface area contributed by atoms with Gasteiger partial charge < -0.3 is 5.73 Å². The highest BCUT2D eigenvalue weighted by atomic mass is 15.2. The first-order valence-electron chi connectivity index (χ1n) is 3.82. The van der Waals surface area contributed by atoms with Gasteiger partial charge >= 0.3 is 0 Å². The van der Waals surface area contributed by atoms with E-state index in [2.05, 4.69) is 20.2 Å². The molecule has 5 heteroatoms. The molecule has 1 aromatic heterocycles. The fourth-order valence-corrected chi connectivity index (χ4v) is 0.630. The van der Waals surface area contributed by atoms with Crippen molar-refractivity contribution in [2.75, 3.05) is 0 Å². The molecule has 1 heterocycles. The Morgan fingerprint density at radius 3 is 2.38 bits per heavy atom. The normalized spacial score (nSPS) is 11.1. The highest BCUT2D eigenvalue weighted by Crippen LogP contribution is 1.88. The van der Waals surface area contributed by atoms with Crippen LogP contribution in [0.15, 0.2) is 28.7 Å². The number of rotatable bonds is 2. The van der Waals surface area contributed by atoms with Gasteiger partial charge in [0.25, 0.3) is 0 Å². The Labute approximate surface area is 76.4 Å². The van der Waals surface area contributed by atoms with E-state index in [9.17, 15) is 0 Å². The minimum Gasteiger partial charge on any atom is -0.379 e. The molecule has 0 spiro atoms. The van der Waals surface area contributed by atoms with Crippen molar-refractivity contribution in [1.82, 2.24) is 9.97 Å². The lowest BCUT2D eigenvalue weighted by molar-refractivity contribution is 1.10. The van der Waals surface area contributed by atoms with E-state index in [1.54, 1.807) is 18.5 Å². The molecule has 0 saturated heterocycles. The minimum atomic E-state index is 0.224. The molecule has 1 rings (SSSR count). The molecule has 0 bridgehead atoms. The van der Waals surface area contributed by atoms with Crippen LogP contribution in [0.4, 0.5) is 0 Å². The zero-order valence-corrected chi connectivity index (χ0v) is 7.60. The summed E-state index contributed by atoms with van der Waals surface area (Å²) in [5, 5.41) is 7.55. The summed E-state index contributed by atoms with van der Waals surface area (Å²) in [6.07, 6.45) is 3.21. The minimum absolute atomic E-state index is 0.224. The number of hydrogen-bond donors (Lipinski definition) is 1. The van der Waals surface area contributed by atoms with Crippen LogP contribution in [-0.2, 0) is 0 Å². The molecule has 0 radical (unpaired) electrons. The molecular weight excluding hydrogens is 166 g/mol. The molecule has 0 aliphatic rings. The van der Waals surface area contributed by atoms with Crippen LogP contribution in [0.25, 0.3) is 0 Å². The van der Waals surface area contributed by atoms with Crippen LogP contribution < -0.4 is 5.73 Å². The molecule has 1 aromatic rings. The van der Waals surface area contributed by atoms with Crippen LogP contribution in [0, 0.1) is 0 Å². The van der Waals surface area contributed by atoms with Crippen molar-refractivity contribution >= 4 is 11.5 Å². The average Bonchev–Trinajstić information content (AvgIpc) is 2.15. The molecule has 0 aliphatic heterocycles. The zero-order chi connectivity index (χ0) is 9.68. The fraction of sp³-hybridized carbons (Fsp3) is 0.250. The second kappa shape index (κ2) is 4.30. The van der Waals surface area contributed by atoms with Crippen LogP contribution >= 0.6 is 0 Å². The monoisotopic (exact) mass is 177 g/mol. The van der Waals surface area contributed by atoms with E-state index in [-0.39, 0.29) is 5.84 Å². The lowest BCUT2D eigenvalue weighted by Gasteiger charge is -1.94. The number of nitrogens with zero attached hydrogens (tertiary/aromatic N) is 4. The average molecular weight is 177 g/mol. The van der Waals surface area contributed by atoms with Crippen molar-refractivity contribution < 1.29 is 0 Å². The van der Waals surface area contributed by atoms with Gasteiger partial charge in [0, 0.05) is 18.1 Å². The molecule has 0 aliphatic carbocycles. The van der Waals surface area contributed by atoms with Gasteiger partial charge in [0.15, 0.2) is 11.7 Å². The standard InChI is InChI=1S/C8H11N5/c1-6(2)12-13-7(9)8-10-4-3-5-11-8/h3-5H,1-2H3,(H2,9,13). The topological polar surface area (TPSA) is 76.5 Å². The van der Waals surface area contributed by atoms with E-state index in [0.29, 0.717) is 5.82 Å². The Morgan fingerprint density at radius 1 is 1.23 bits per heavy atom. The Hall–Kier alpha value is -1.78. The highest BCUT2D eigenvalue weighted by molar-refractivity contribution is 5.94. The molecule has 0 unspecified atom stereocenters. The SMILES string of the molecule is CC(C)=N/N=C(\N)c1ncccn1. The second-order valence-corrected chi connectivity index (χ2v) is 2.60. The maximum absolute atomic E-state index is 5.56. The summed E-state index contributed by atoms with van der Waals surface area (Å²) in [6, 6.07) is 1.71. The van der Waals surface area contributed by atoms with Crippen LogP contribution in [-0.4, -0.2) is 21.5 Å². The summed E-state index contributed by atoms with van der Waals surface area (Å²) < 4.78 is 0. The van der Waals surface area contributed by atoms with Gasteiger partial charge in [-0.2, -0.15) is 5.10 Å². The van der Waals surface area contributed by atoms with E-state index in [1.807, 2.05) is 13.8 Å². The molecular formula is C8H11N5. The summed E-state index contributed by atoms with van der Waals surface area (Å²) in [5.74, 6) is 0.620. The van der Waals surface area contributed by atoms with Crippen LogP contribution in [0.2, 0.25) is 0 Å². The fourth-order valence-electron chi connectivity index (χ4n) is 0.630. The van der Waals surface area contributed by atoms with Gasteiger partial charge in [-0.15, -0.1) is 5.10 Å². The van der Waals surface area contributed by atoms with Gasteiger partial charge in [0.1, 0.15) is 0 Å². The van der Waals surface area contributed by atoms with Crippen LogP contribution in [0.3, 0.4) is 0 Å². The van der Waals surface area contributed by atoms with Gasteiger partial charge in [-0.3, -0.25) is 0 Å². The Bertz CT molecular complexity index is 324.